The Balaban J connectivity index is 0. The van der Waals surface area contributed by atoms with E-state index >= 15 is 0 Å². The van der Waals surface area contributed by atoms with E-state index < -0.39 is 0 Å². The Kier molecular flexibility index (Phi) is 9.43. The molecule has 0 aliphatic carbocycles. The first-order valence-electron chi connectivity index (χ1n) is 2.81. The van der Waals surface area contributed by atoms with Crippen LogP contribution in [0.2, 0.25) is 0 Å². The van der Waals surface area contributed by atoms with Gasteiger partial charge < -0.3 is 5.73 Å². The third-order valence-corrected chi connectivity index (χ3v) is 0.894. The summed E-state index contributed by atoms with van der Waals surface area (Å²) < 4.78 is 0. The molecule has 54 valence electrons. The predicted molar refractivity (Wildman–Crippen MR) is 42.9 cm³/mol. The van der Waals surface area contributed by atoms with Gasteiger partial charge in [-0.05, 0) is 13.1 Å². The first kappa shape index (κ1) is 11.3. The van der Waals surface area contributed by atoms with E-state index in [0.717, 1.165) is 0 Å². The average Bonchev–Trinajstić information content (AvgIpc) is 1.91. The van der Waals surface area contributed by atoms with Crippen LogP contribution in [-0.4, -0.2) is 5.17 Å². The van der Waals surface area contributed by atoms with E-state index in [1.54, 1.807) is 6.92 Å². The van der Waals surface area contributed by atoms with Crippen LogP contribution in [0, 0.1) is 5.41 Å². The summed E-state index contributed by atoms with van der Waals surface area (Å²) in [6.07, 6.45) is 1.30. The zero-order valence-electron chi connectivity index (χ0n) is 6.03. The summed E-state index contributed by atoms with van der Waals surface area (Å²) >= 11 is 5.16. The monoisotopic (exact) mass is 148 g/mol. The topological polar surface area (TPSA) is 49.9 Å². The number of nitrogens with one attached hydrogen (secondary N) is 1. The normalized spacial score (nSPS) is 9.56. The van der Waals surface area contributed by atoms with Crippen molar-refractivity contribution in [3.8, 4) is 0 Å². The highest BCUT2D eigenvalue weighted by Gasteiger charge is 1.88. The molecular weight excluding hydrogens is 136 g/mol. The van der Waals surface area contributed by atoms with Crippen LogP contribution in [0.1, 0.15) is 20.8 Å². The minimum atomic E-state index is 0.00231. The summed E-state index contributed by atoms with van der Waals surface area (Å²) in [6, 6.07) is 0. The van der Waals surface area contributed by atoms with Gasteiger partial charge >= 0.3 is 0 Å². The van der Waals surface area contributed by atoms with Gasteiger partial charge in [0.15, 0.2) is 0 Å². The molecule has 3 heteroatoms. The maximum atomic E-state index is 6.72. The van der Waals surface area contributed by atoms with Crippen molar-refractivity contribution in [3.63, 3.8) is 0 Å². The lowest BCUT2D eigenvalue weighted by atomic mass is 10.4. The molecule has 0 aromatic carbocycles. The van der Waals surface area contributed by atoms with Gasteiger partial charge in [-0.3, -0.25) is 5.41 Å². The van der Waals surface area contributed by atoms with E-state index in [1.807, 2.05) is 13.8 Å². The second-order valence-corrected chi connectivity index (χ2v) is 1.54. The van der Waals surface area contributed by atoms with Gasteiger partial charge in [0.1, 0.15) is 5.17 Å². The number of nitrogens with two attached hydrogens (primary N) is 1. The van der Waals surface area contributed by atoms with Crippen LogP contribution in [0.5, 0.6) is 0 Å². The molecule has 3 N–H and O–H groups in total. The van der Waals surface area contributed by atoms with Crippen LogP contribution < -0.4 is 5.73 Å². The fourth-order valence-corrected chi connectivity index (χ4v) is 0.136. The SMILES string of the molecule is C/C(=C/N)C(=N)Cl.CC. The molecule has 2 nitrogen and oxygen atoms in total. The molecule has 0 heterocycles. The van der Waals surface area contributed by atoms with Crippen molar-refractivity contribution in [2.24, 2.45) is 5.73 Å². The molecule has 0 rings (SSSR count). The predicted octanol–water partition coefficient (Wildman–Crippen LogP) is 2.09. The average molecular weight is 149 g/mol. The number of hydrogen-bond acceptors (Lipinski definition) is 2. The van der Waals surface area contributed by atoms with Gasteiger partial charge in [0.2, 0.25) is 0 Å². The summed E-state index contributed by atoms with van der Waals surface area (Å²) in [5.74, 6) is 0. The second-order valence-electron chi connectivity index (χ2n) is 1.16. The van der Waals surface area contributed by atoms with Crippen LogP contribution in [-0.2, 0) is 0 Å². The highest BCUT2D eigenvalue weighted by Crippen LogP contribution is 1.94. The van der Waals surface area contributed by atoms with Crippen LogP contribution >= 0.6 is 11.6 Å². The zero-order chi connectivity index (χ0) is 7.86. The Morgan fingerprint density at radius 3 is 1.89 bits per heavy atom. The quantitative estimate of drug-likeness (QED) is 0.550. The first-order valence-corrected chi connectivity index (χ1v) is 3.19. The van der Waals surface area contributed by atoms with Crippen molar-refractivity contribution in [1.29, 1.82) is 5.41 Å². The van der Waals surface area contributed by atoms with Crippen LogP contribution in [0.25, 0.3) is 0 Å². The molecular formula is C6H13ClN2. The van der Waals surface area contributed by atoms with Gasteiger partial charge in [-0.15, -0.1) is 0 Å². The van der Waals surface area contributed by atoms with E-state index in [2.05, 4.69) is 0 Å². The summed E-state index contributed by atoms with van der Waals surface area (Å²) in [5, 5.41) is 6.72. The summed E-state index contributed by atoms with van der Waals surface area (Å²) in [4.78, 5) is 0. The van der Waals surface area contributed by atoms with Gasteiger partial charge in [-0.2, -0.15) is 0 Å². The Bertz CT molecular complexity index is 108. The molecule has 0 aliphatic rings. The summed E-state index contributed by atoms with van der Waals surface area (Å²) in [7, 11) is 0. The van der Waals surface area contributed by atoms with Gasteiger partial charge in [-0.25, -0.2) is 0 Å². The van der Waals surface area contributed by atoms with E-state index in [1.165, 1.54) is 6.20 Å². The van der Waals surface area contributed by atoms with Gasteiger partial charge in [0, 0.05) is 5.57 Å². The summed E-state index contributed by atoms with van der Waals surface area (Å²) in [6.45, 7) is 5.68. The Labute approximate surface area is 61.2 Å². The number of hydrogen-bond donors (Lipinski definition) is 2. The molecule has 9 heavy (non-hydrogen) atoms. The highest BCUT2D eigenvalue weighted by atomic mass is 35.5. The first-order chi connectivity index (χ1) is 4.18. The van der Waals surface area contributed by atoms with Crippen LogP contribution in [0.4, 0.5) is 0 Å². The minimum Gasteiger partial charge on any atom is -0.404 e. The highest BCUT2D eigenvalue weighted by molar-refractivity contribution is 6.68. The van der Waals surface area contributed by atoms with E-state index in [9.17, 15) is 0 Å². The minimum absolute atomic E-state index is 0.00231. The molecule has 0 unspecified atom stereocenters. The van der Waals surface area contributed by atoms with Crippen LogP contribution in [0.15, 0.2) is 11.8 Å². The third kappa shape index (κ3) is 7.50. The molecule has 0 aromatic heterocycles. The lowest BCUT2D eigenvalue weighted by Gasteiger charge is -1.86. The maximum absolute atomic E-state index is 6.72. The Morgan fingerprint density at radius 2 is 1.89 bits per heavy atom. The van der Waals surface area contributed by atoms with Crippen molar-refractivity contribution in [1.82, 2.24) is 0 Å². The lowest BCUT2D eigenvalue weighted by Crippen LogP contribution is -1.90. The van der Waals surface area contributed by atoms with Gasteiger partial charge in [-0.1, -0.05) is 25.4 Å². The van der Waals surface area contributed by atoms with E-state index in [0.29, 0.717) is 5.57 Å². The maximum Gasteiger partial charge on any atom is 0.125 e. The van der Waals surface area contributed by atoms with Gasteiger partial charge in [0.05, 0.1) is 0 Å². The van der Waals surface area contributed by atoms with Crippen molar-refractivity contribution >= 4 is 16.8 Å². The number of rotatable bonds is 1. The molecule has 0 saturated heterocycles. The molecule has 0 aromatic rings. The van der Waals surface area contributed by atoms with E-state index in [4.69, 9.17) is 22.7 Å². The fraction of sp³-hybridized carbons (Fsp3) is 0.500. The van der Waals surface area contributed by atoms with E-state index in [-0.39, 0.29) is 5.17 Å². The molecule has 0 spiro atoms. The van der Waals surface area contributed by atoms with Crippen molar-refractivity contribution in [2.45, 2.75) is 20.8 Å². The van der Waals surface area contributed by atoms with Crippen molar-refractivity contribution in [2.75, 3.05) is 0 Å². The van der Waals surface area contributed by atoms with Crippen molar-refractivity contribution < 1.29 is 0 Å². The fourth-order valence-electron chi connectivity index (χ4n) is 0.0732. The smallest absolute Gasteiger partial charge is 0.125 e. The lowest BCUT2D eigenvalue weighted by molar-refractivity contribution is 1.44. The standard InChI is InChI=1S/C4H7ClN2.C2H6/c1-3(2-6)4(5)7;1-2/h2,7H,6H2,1H3;1-2H3/b3-2-,7-4?;. The van der Waals surface area contributed by atoms with Gasteiger partial charge in [0.25, 0.3) is 0 Å². The zero-order valence-corrected chi connectivity index (χ0v) is 6.79. The molecule has 0 amide bonds. The molecule has 0 aliphatic heterocycles. The molecule has 0 fully saturated rings. The summed E-state index contributed by atoms with van der Waals surface area (Å²) in [5.41, 5.74) is 5.58. The van der Waals surface area contributed by atoms with Crippen LogP contribution in [0.3, 0.4) is 0 Å². The molecule has 0 bridgehead atoms. The van der Waals surface area contributed by atoms with Crippen molar-refractivity contribution in [3.05, 3.63) is 11.8 Å². The third-order valence-electron chi connectivity index (χ3n) is 0.596. The molecule has 0 radical (unpaired) electrons. The Morgan fingerprint density at radius 1 is 1.56 bits per heavy atom. The largest absolute Gasteiger partial charge is 0.404 e. The number of allylic oxidation sites excluding steroid dienone is 1. The Hall–Kier alpha value is -0.500. The molecule has 0 atom stereocenters. The molecule has 0 saturated carbocycles. The number of halogens is 1. The second kappa shape index (κ2) is 7.50.